The summed E-state index contributed by atoms with van der Waals surface area (Å²) in [7, 11) is 1.41. The van der Waals surface area contributed by atoms with Crippen LogP contribution in [0.4, 0.5) is 4.39 Å². The highest BCUT2D eigenvalue weighted by Gasteiger charge is 2.29. The number of rotatable bonds is 5. The van der Waals surface area contributed by atoms with E-state index >= 15 is 0 Å². The topological polar surface area (TPSA) is 42.4 Å². The maximum absolute atomic E-state index is 13.9. The van der Waals surface area contributed by atoms with Crippen LogP contribution in [-0.4, -0.2) is 35.5 Å². The van der Waals surface area contributed by atoms with Crippen molar-refractivity contribution >= 4 is 5.91 Å². The van der Waals surface area contributed by atoms with Crippen LogP contribution in [0.1, 0.15) is 40.9 Å². The molecule has 0 bridgehead atoms. The average molecular weight is 342 g/mol. The van der Waals surface area contributed by atoms with E-state index < -0.39 is 5.82 Å². The number of carbonyl (C=O) groups is 1. The second-order valence-electron chi connectivity index (χ2n) is 6.49. The summed E-state index contributed by atoms with van der Waals surface area (Å²) in [6.07, 6.45) is 5.63. The molecular weight excluding hydrogens is 319 g/mol. The molecular formula is C20H23FN2O2. The number of benzene rings is 1. The highest BCUT2D eigenvalue weighted by atomic mass is 19.1. The number of hydrogen-bond acceptors (Lipinski definition) is 3. The number of pyridine rings is 1. The minimum Gasteiger partial charge on any atom is -0.494 e. The summed E-state index contributed by atoms with van der Waals surface area (Å²) < 4.78 is 18.8. The minimum absolute atomic E-state index is 0.102. The second-order valence-corrected chi connectivity index (χ2v) is 6.49. The second kappa shape index (κ2) is 7.64. The quantitative estimate of drug-likeness (QED) is 0.830. The number of hydrogen-bond donors (Lipinski definition) is 0. The average Bonchev–Trinajstić information content (AvgIpc) is 3.08. The first-order valence-electron chi connectivity index (χ1n) is 8.64. The van der Waals surface area contributed by atoms with Crippen molar-refractivity contribution < 1.29 is 13.9 Å². The van der Waals surface area contributed by atoms with Crippen LogP contribution in [0.5, 0.6) is 5.75 Å². The molecule has 2 aromatic rings. The summed E-state index contributed by atoms with van der Waals surface area (Å²) in [5.41, 5.74) is 2.62. The van der Waals surface area contributed by atoms with Gasteiger partial charge in [-0.15, -0.1) is 0 Å². The standard InChI is InChI=1S/C20H23FN2O2/c1-14-12-15(9-10-22-14)5-7-17-4-3-11-23(17)20(24)16-6-8-19(25-2)18(21)13-16/h6,8-10,12-13,17H,3-5,7,11H2,1-2H3. The van der Waals surface area contributed by atoms with Crippen LogP contribution in [0.25, 0.3) is 0 Å². The van der Waals surface area contributed by atoms with E-state index in [1.54, 1.807) is 6.07 Å². The first-order chi connectivity index (χ1) is 12.1. The van der Waals surface area contributed by atoms with Crippen molar-refractivity contribution in [2.45, 2.75) is 38.6 Å². The number of aryl methyl sites for hydroxylation is 2. The van der Waals surface area contributed by atoms with Gasteiger partial charge in [-0.1, -0.05) is 0 Å². The lowest BCUT2D eigenvalue weighted by molar-refractivity contribution is 0.0730. The largest absolute Gasteiger partial charge is 0.494 e. The predicted molar refractivity (Wildman–Crippen MR) is 94.3 cm³/mol. The molecule has 0 N–H and O–H groups in total. The number of amides is 1. The number of likely N-dealkylation sites (tertiary alicyclic amines) is 1. The van der Waals surface area contributed by atoms with E-state index in [9.17, 15) is 9.18 Å². The molecule has 0 saturated carbocycles. The molecule has 5 heteroatoms. The Morgan fingerprint density at radius 1 is 1.36 bits per heavy atom. The normalized spacial score (nSPS) is 16.9. The zero-order chi connectivity index (χ0) is 17.8. The molecule has 0 radical (unpaired) electrons. The molecule has 1 atom stereocenters. The highest BCUT2D eigenvalue weighted by molar-refractivity contribution is 5.94. The molecule has 1 aliphatic rings. The van der Waals surface area contributed by atoms with Crippen molar-refractivity contribution in [1.82, 2.24) is 9.88 Å². The molecule has 3 rings (SSSR count). The van der Waals surface area contributed by atoms with Crippen LogP contribution in [0.2, 0.25) is 0 Å². The number of aromatic nitrogens is 1. The van der Waals surface area contributed by atoms with Crippen molar-refractivity contribution in [2.24, 2.45) is 0 Å². The summed E-state index contributed by atoms with van der Waals surface area (Å²) in [6.45, 7) is 2.71. The van der Waals surface area contributed by atoms with Gasteiger partial charge in [0.15, 0.2) is 11.6 Å². The smallest absolute Gasteiger partial charge is 0.254 e. The minimum atomic E-state index is -0.503. The van der Waals surface area contributed by atoms with Gasteiger partial charge in [-0.3, -0.25) is 9.78 Å². The number of methoxy groups -OCH3 is 1. The van der Waals surface area contributed by atoms with Gasteiger partial charge in [0.25, 0.3) is 5.91 Å². The molecule has 1 amide bonds. The molecule has 1 aromatic carbocycles. The Hall–Kier alpha value is -2.43. The highest BCUT2D eigenvalue weighted by Crippen LogP contribution is 2.26. The van der Waals surface area contributed by atoms with Crippen LogP contribution in [0.15, 0.2) is 36.5 Å². The Balaban J connectivity index is 1.68. The Morgan fingerprint density at radius 3 is 2.92 bits per heavy atom. The molecule has 2 heterocycles. The molecule has 1 aromatic heterocycles. The summed E-state index contributed by atoms with van der Waals surface area (Å²) in [4.78, 5) is 18.9. The molecule has 1 fully saturated rings. The first kappa shape index (κ1) is 17.4. The van der Waals surface area contributed by atoms with Crippen molar-refractivity contribution in [3.8, 4) is 5.75 Å². The Bertz CT molecular complexity index is 763. The monoisotopic (exact) mass is 342 g/mol. The van der Waals surface area contributed by atoms with E-state index in [1.165, 1.54) is 24.8 Å². The van der Waals surface area contributed by atoms with E-state index in [-0.39, 0.29) is 17.7 Å². The van der Waals surface area contributed by atoms with Gasteiger partial charge in [-0.25, -0.2) is 4.39 Å². The van der Waals surface area contributed by atoms with Crippen LogP contribution in [0, 0.1) is 12.7 Å². The fourth-order valence-electron chi connectivity index (χ4n) is 3.46. The maximum atomic E-state index is 13.9. The van der Waals surface area contributed by atoms with E-state index in [0.717, 1.165) is 37.9 Å². The van der Waals surface area contributed by atoms with Gasteiger partial charge in [0.1, 0.15) is 0 Å². The molecule has 25 heavy (non-hydrogen) atoms. The Kier molecular flexibility index (Phi) is 5.31. The zero-order valence-corrected chi connectivity index (χ0v) is 14.7. The molecule has 1 saturated heterocycles. The van der Waals surface area contributed by atoms with Gasteiger partial charge >= 0.3 is 0 Å². The third-order valence-electron chi connectivity index (χ3n) is 4.76. The molecule has 0 spiro atoms. The first-order valence-corrected chi connectivity index (χ1v) is 8.64. The summed E-state index contributed by atoms with van der Waals surface area (Å²) >= 11 is 0. The number of halogens is 1. The van der Waals surface area contributed by atoms with Crippen LogP contribution in [0.3, 0.4) is 0 Å². The van der Waals surface area contributed by atoms with Gasteiger partial charge in [-0.2, -0.15) is 0 Å². The van der Waals surface area contributed by atoms with E-state index in [2.05, 4.69) is 11.1 Å². The third kappa shape index (κ3) is 3.98. The molecule has 1 aliphatic heterocycles. The van der Waals surface area contributed by atoms with E-state index in [4.69, 9.17) is 4.74 Å². The van der Waals surface area contributed by atoms with Gasteiger partial charge < -0.3 is 9.64 Å². The Morgan fingerprint density at radius 2 is 2.20 bits per heavy atom. The number of nitrogens with zero attached hydrogens (tertiary/aromatic N) is 2. The lowest BCUT2D eigenvalue weighted by Gasteiger charge is -2.25. The van der Waals surface area contributed by atoms with Crippen LogP contribution in [-0.2, 0) is 6.42 Å². The van der Waals surface area contributed by atoms with Gasteiger partial charge in [0.2, 0.25) is 0 Å². The van der Waals surface area contributed by atoms with Crippen molar-refractivity contribution in [1.29, 1.82) is 0 Å². The van der Waals surface area contributed by atoms with E-state index in [1.807, 2.05) is 24.1 Å². The van der Waals surface area contributed by atoms with Gasteiger partial charge in [-0.05, 0) is 68.5 Å². The number of carbonyl (C=O) groups excluding carboxylic acids is 1. The summed E-state index contributed by atoms with van der Waals surface area (Å²) in [5, 5.41) is 0. The fraction of sp³-hybridized carbons (Fsp3) is 0.400. The van der Waals surface area contributed by atoms with Crippen molar-refractivity contribution in [3.63, 3.8) is 0 Å². The van der Waals surface area contributed by atoms with Gasteiger partial charge in [0, 0.05) is 30.0 Å². The van der Waals surface area contributed by atoms with Crippen LogP contribution < -0.4 is 4.74 Å². The zero-order valence-electron chi connectivity index (χ0n) is 14.7. The molecule has 0 aliphatic carbocycles. The lowest BCUT2D eigenvalue weighted by Crippen LogP contribution is -2.35. The number of ether oxygens (including phenoxy) is 1. The van der Waals surface area contributed by atoms with E-state index in [0.29, 0.717) is 5.56 Å². The molecule has 4 nitrogen and oxygen atoms in total. The fourth-order valence-corrected chi connectivity index (χ4v) is 3.46. The van der Waals surface area contributed by atoms with Gasteiger partial charge in [0.05, 0.1) is 7.11 Å². The summed E-state index contributed by atoms with van der Waals surface area (Å²) in [6, 6.07) is 8.71. The van der Waals surface area contributed by atoms with Crippen LogP contribution >= 0.6 is 0 Å². The molecule has 1 unspecified atom stereocenters. The third-order valence-corrected chi connectivity index (χ3v) is 4.76. The maximum Gasteiger partial charge on any atom is 0.254 e. The summed E-state index contributed by atoms with van der Waals surface area (Å²) in [5.74, 6) is -0.450. The molecule has 132 valence electrons. The SMILES string of the molecule is COc1ccc(C(=O)N2CCCC2CCc2ccnc(C)c2)cc1F. The van der Waals surface area contributed by atoms with Crippen molar-refractivity contribution in [2.75, 3.05) is 13.7 Å². The van der Waals surface area contributed by atoms with Crippen molar-refractivity contribution in [3.05, 3.63) is 59.2 Å². The lowest BCUT2D eigenvalue weighted by atomic mass is 10.0. The predicted octanol–water partition coefficient (Wildman–Crippen LogP) is 3.78. The Labute approximate surface area is 147 Å².